The molecule has 4 heteroatoms. The molecule has 1 N–H and O–H groups in total. The molecule has 2 aliphatic heterocycles. The van der Waals surface area contributed by atoms with Gasteiger partial charge in [-0.05, 0) is 18.4 Å². The van der Waals surface area contributed by atoms with Crippen molar-refractivity contribution in [3.8, 4) is 11.3 Å². The Balaban J connectivity index is 1.64. The van der Waals surface area contributed by atoms with Gasteiger partial charge in [0.15, 0.2) is 0 Å². The van der Waals surface area contributed by atoms with Gasteiger partial charge in [-0.1, -0.05) is 24.3 Å². The zero-order valence-electron chi connectivity index (χ0n) is 11.0. The van der Waals surface area contributed by atoms with E-state index in [0.29, 0.717) is 0 Å². The van der Waals surface area contributed by atoms with Gasteiger partial charge in [0, 0.05) is 17.2 Å². The lowest BCUT2D eigenvalue weighted by molar-refractivity contribution is 0.0598. The number of rotatable bonds is 3. The SMILES string of the molecule is O[C@H]([C@H]1c2ccccc2-c2cncn21)C1(C2C=N2)CC1. The second kappa shape index (κ2) is 3.38. The number of hydrogen-bond acceptors (Lipinski definition) is 3. The summed E-state index contributed by atoms with van der Waals surface area (Å²) in [6, 6.07) is 8.57. The summed E-state index contributed by atoms with van der Waals surface area (Å²) in [7, 11) is 0. The highest BCUT2D eigenvalue weighted by Gasteiger charge is 2.60. The Kier molecular flexibility index (Phi) is 1.83. The van der Waals surface area contributed by atoms with E-state index in [1.807, 2.05) is 30.9 Å². The Morgan fingerprint density at radius 3 is 2.85 bits per heavy atom. The minimum atomic E-state index is -0.397. The first kappa shape index (κ1) is 10.8. The van der Waals surface area contributed by atoms with Crippen LogP contribution in [-0.4, -0.2) is 33.0 Å². The molecule has 0 saturated heterocycles. The van der Waals surface area contributed by atoms with E-state index in [0.717, 1.165) is 18.5 Å². The standard InChI is InChI=1S/C16H15N3O/c20-15(16(5-6-16)13-8-18-13)14-11-4-2-1-3-10(11)12-7-17-9-19(12)14/h1-4,7-9,13-15,20H,5-6H2/t13?,14-,15-/m1/s1. The van der Waals surface area contributed by atoms with Crippen molar-refractivity contribution in [2.75, 3.05) is 0 Å². The number of hydrogen-bond donors (Lipinski definition) is 1. The molecule has 3 heterocycles. The van der Waals surface area contributed by atoms with Crippen LogP contribution in [0.3, 0.4) is 0 Å². The van der Waals surface area contributed by atoms with Crippen LogP contribution in [0.5, 0.6) is 0 Å². The lowest BCUT2D eigenvalue weighted by Crippen LogP contribution is -2.35. The Labute approximate surface area is 116 Å². The largest absolute Gasteiger partial charge is 0.390 e. The van der Waals surface area contributed by atoms with Crippen LogP contribution < -0.4 is 0 Å². The van der Waals surface area contributed by atoms with E-state index in [2.05, 4.69) is 26.7 Å². The van der Waals surface area contributed by atoms with Crippen LogP contribution in [-0.2, 0) is 0 Å². The summed E-state index contributed by atoms with van der Waals surface area (Å²) in [5.74, 6) is 0. The first-order chi connectivity index (χ1) is 9.81. The van der Waals surface area contributed by atoms with E-state index in [1.54, 1.807) is 0 Å². The first-order valence-corrected chi connectivity index (χ1v) is 7.14. The molecule has 4 nitrogen and oxygen atoms in total. The molecular formula is C16H15N3O. The van der Waals surface area contributed by atoms with Gasteiger partial charge < -0.3 is 9.67 Å². The van der Waals surface area contributed by atoms with Crippen molar-refractivity contribution < 1.29 is 5.11 Å². The van der Waals surface area contributed by atoms with E-state index in [9.17, 15) is 5.11 Å². The van der Waals surface area contributed by atoms with Gasteiger partial charge in [-0.3, -0.25) is 4.99 Å². The van der Waals surface area contributed by atoms with Gasteiger partial charge in [0.1, 0.15) is 0 Å². The summed E-state index contributed by atoms with van der Waals surface area (Å²) in [4.78, 5) is 8.58. The van der Waals surface area contributed by atoms with Crippen LogP contribution in [0.15, 0.2) is 41.8 Å². The van der Waals surface area contributed by atoms with Gasteiger partial charge >= 0.3 is 0 Å². The average Bonchev–Trinajstić information content (AvgIpc) is 3.35. The summed E-state index contributed by atoms with van der Waals surface area (Å²) in [5.41, 5.74) is 3.49. The number of aliphatic hydroxyl groups excluding tert-OH is 1. The normalized spacial score (nSPS) is 28.9. The number of aliphatic hydroxyl groups is 1. The zero-order chi connectivity index (χ0) is 13.3. The third kappa shape index (κ3) is 1.20. The summed E-state index contributed by atoms with van der Waals surface area (Å²) < 4.78 is 2.12. The lowest BCUT2D eigenvalue weighted by atomic mass is 9.86. The van der Waals surface area contributed by atoms with E-state index >= 15 is 0 Å². The van der Waals surface area contributed by atoms with E-state index in [1.165, 1.54) is 11.1 Å². The molecule has 1 aromatic heterocycles. The van der Waals surface area contributed by atoms with Crippen molar-refractivity contribution in [1.82, 2.24) is 9.55 Å². The fourth-order valence-electron chi connectivity index (χ4n) is 3.76. The van der Waals surface area contributed by atoms with Crippen LogP contribution in [0, 0.1) is 5.41 Å². The number of imidazole rings is 1. The molecule has 0 bridgehead atoms. The molecular weight excluding hydrogens is 250 g/mol. The molecule has 0 amide bonds. The predicted octanol–water partition coefficient (Wildman–Crippen LogP) is 2.05. The van der Waals surface area contributed by atoms with Crippen molar-refractivity contribution in [3.05, 3.63) is 42.4 Å². The van der Waals surface area contributed by atoms with Gasteiger partial charge in [-0.15, -0.1) is 0 Å². The molecule has 5 rings (SSSR count). The molecule has 2 aromatic rings. The van der Waals surface area contributed by atoms with Crippen LogP contribution in [0.4, 0.5) is 0 Å². The first-order valence-electron chi connectivity index (χ1n) is 7.14. The highest BCUT2D eigenvalue weighted by atomic mass is 16.3. The Bertz CT molecular complexity index is 723. The lowest BCUT2D eigenvalue weighted by Gasteiger charge is -2.28. The highest BCUT2D eigenvalue weighted by molar-refractivity contribution is 5.80. The minimum absolute atomic E-state index is 0.0181. The Morgan fingerprint density at radius 2 is 2.10 bits per heavy atom. The quantitative estimate of drug-likeness (QED) is 0.923. The number of fused-ring (bicyclic) bond motifs is 3. The summed E-state index contributed by atoms with van der Waals surface area (Å²) >= 11 is 0. The van der Waals surface area contributed by atoms with Gasteiger partial charge in [-0.25, -0.2) is 4.98 Å². The average molecular weight is 265 g/mol. The smallest absolute Gasteiger partial charge is 0.0957 e. The topological polar surface area (TPSA) is 50.4 Å². The molecule has 1 unspecified atom stereocenters. The van der Waals surface area contributed by atoms with Gasteiger partial charge in [0.25, 0.3) is 0 Å². The zero-order valence-corrected chi connectivity index (χ0v) is 11.0. The molecule has 1 saturated carbocycles. The van der Waals surface area contributed by atoms with Crippen molar-refractivity contribution >= 4 is 6.21 Å². The van der Waals surface area contributed by atoms with Gasteiger partial charge in [0.05, 0.1) is 36.4 Å². The second-order valence-electron chi connectivity index (χ2n) is 6.14. The number of aliphatic imine (C=N–C) groups is 1. The molecule has 0 radical (unpaired) electrons. The molecule has 1 fully saturated rings. The van der Waals surface area contributed by atoms with Crippen LogP contribution in [0.1, 0.15) is 24.4 Å². The monoisotopic (exact) mass is 265 g/mol. The van der Waals surface area contributed by atoms with Crippen molar-refractivity contribution in [2.24, 2.45) is 10.4 Å². The summed E-state index contributed by atoms with van der Waals surface area (Å²) in [6.07, 6.45) is 7.45. The molecule has 100 valence electrons. The molecule has 0 spiro atoms. The third-order valence-corrected chi connectivity index (χ3v) is 5.12. The molecule has 1 aromatic carbocycles. The van der Waals surface area contributed by atoms with Crippen molar-refractivity contribution in [2.45, 2.75) is 31.0 Å². The van der Waals surface area contributed by atoms with E-state index in [4.69, 9.17) is 0 Å². The summed E-state index contributed by atoms with van der Waals surface area (Å²) in [5, 5.41) is 11.0. The fourth-order valence-corrected chi connectivity index (χ4v) is 3.76. The molecule has 20 heavy (non-hydrogen) atoms. The highest BCUT2D eigenvalue weighted by Crippen LogP contribution is 2.59. The van der Waals surface area contributed by atoms with E-state index in [-0.39, 0.29) is 17.5 Å². The predicted molar refractivity (Wildman–Crippen MR) is 75.8 cm³/mol. The van der Waals surface area contributed by atoms with Crippen LogP contribution in [0.25, 0.3) is 11.3 Å². The Morgan fingerprint density at radius 1 is 1.30 bits per heavy atom. The maximum Gasteiger partial charge on any atom is 0.0957 e. The van der Waals surface area contributed by atoms with Crippen molar-refractivity contribution in [3.63, 3.8) is 0 Å². The van der Waals surface area contributed by atoms with Crippen molar-refractivity contribution in [1.29, 1.82) is 0 Å². The number of aromatic nitrogens is 2. The third-order valence-electron chi connectivity index (χ3n) is 5.12. The maximum absolute atomic E-state index is 11.0. The second-order valence-corrected chi connectivity index (χ2v) is 6.14. The molecule has 1 aliphatic carbocycles. The summed E-state index contributed by atoms with van der Waals surface area (Å²) in [6.45, 7) is 0. The van der Waals surface area contributed by atoms with E-state index < -0.39 is 6.10 Å². The van der Waals surface area contributed by atoms with Crippen LogP contribution >= 0.6 is 0 Å². The number of nitrogens with zero attached hydrogens (tertiary/aromatic N) is 3. The molecule has 3 aliphatic rings. The number of benzene rings is 1. The van der Waals surface area contributed by atoms with Gasteiger partial charge in [-0.2, -0.15) is 0 Å². The van der Waals surface area contributed by atoms with Crippen LogP contribution in [0.2, 0.25) is 0 Å². The fraction of sp³-hybridized carbons (Fsp3) is 0.375. The minimum Gasteiger partial charge on any atom is -0.390 e. The Hall–Kier alpha value is -1.94. The van der Waals surface area contributed by atoms with Gasteiger partial charge in [0.2, 0.25) is 0 Å². The maximum atomic E-state index is 11.0. The molecule has 3 atom stereocenters.